The molecule has 5 heteroatoms. The van der Waals surface area contributed by atoms with Crippen molar-refractivity contribution >= 4 is 12.1 Å². The van der Waals surface area contributed by atoms with Crippen molar-refractivity contribution in [2.24, 2.45) is 0 Å². The van der Waals surface area contributed by atoms with Gasteiger partial charge in [-0.3, -0.25) is 4.57 Å². The van der Waals surface area contributed by atoms with Gasteiger partial charge < -0.3 is 9.84 Å². The highest BCUT2D eigenvalue weighted by atomic mass is 16.5. The van der Waals surface area contributed by atoms with Crippen LogP contribution in [0, 0.1) is 0 Å². The Morgan fingerprint density at radius 1 is 1.62 bits per heavy atom. The molecule has 1 rings (SSSR count). The molecule has 0 aliphatic rings. The molecule has 0 aromatic carbocycles. The topological polar surface area (TPSA) is 68.5 Å². The molecule has 5 nitrogen and oxygen atoms in total. The van der Waals surface area contributed by atoms with Crippen molar-refractivity contribution in [3.8, 4) is 0 Å². The standard InChI is InChI=1S/C8H9NO4/c1-2-13-8(12)9-4-3-6(5-9)7(10)11/h3-5H,2H2,1H3,(H,10,11). The summed E-state index contributed by atoms with van der Waals surface area (Å²) in [4.78, 5) is 21.5. The second-order valence-corrected chi connectivity index (χ2v) is 2.31. The number of carboxylic acids is 1. The highest BCUT2D eigenvalue weighted by Crippen LogP contribution is 2.01. The van der Waals surface area contributed by atoms with Crippen LogP contribution in [-0.2, 0) is 4.74 Å². The van der Waals surface area contributed by atoms with Gasteiger partial charge in [-0.1, -0.05) is 0 Å². The van der Waals surface area contributed by atoms with Gasteiger partial charge in [0, 0.05) is 12.4 Å². The number of aromatic nitrogens is 1. The lowest BCUT2D eigenvalue weighted by molar-refractivity contribution is 0.0697. The first-order chi connectivity index (χ1) is 6.15. The summed E-state index contributed by atoms with van der Waals surface area (Å²) in [6, 6.07) is 1.33. The number of ether oxygens (including phenoxy) is 1. The Labute approximate surface area is 74.5 Å². The third-order valence-electron chi connectivity index (χ3n) is 1.42. The fourth-order valence-electron chi connectivity index (χ4n) is 0.835. The van der Waals surface area contributed by atoms with E-state index in [2.05, 4.69) is 4.74 Å². The van der Waals surface area contributed by atoms with Crippen LogP contribution in [0.15, 0.2) is 18.5 Å². The van der Waals surface area contributed by atoms with E-state index < -0.39 is 12.1 Å². The van der Waals surface area contributed by atoms with Gasteiger partial charge in [0.1, 0.15) is 0 Å². The van der Waals surface area contributed by atoms with Gasteiger partial charge in [0.05, 0.1) is 12.2 Å². The van der Waals surface area contributed by atoms with E-state index in [9.17, 15) is 9.59 Å². The SMILES string of the molecule is CCOC(=O)n1ccc(C(=O)O)c1. The highest BCUT2D eigenvalue weighted by molar-refractivity contribution is 5.88. The van der Waals surface area contributed by atoms with Crippen LogP contribution in [0.1, 0.15) is 17.3 Å². The van der Waals surface area contributed by atoms with E-state index in [1.54, 1.807) is 6.92 Å². The second kappa shape index (κ2) is 3.75. The van der Waals surface area contributed by atoms with Gasteiger partial charge in [0.2, 0.25) is 0 Å². The van der Waals surface area contributed by atoms with Gasteiger partial charge in [-0.25, -0.2) is 9.59 Å². The molecule has 1 aromatic heterocycles. The molecule has 1 heterocycles. The summed E-state index contributed by atoms with van der Waals surface area (Å²) in [5.41, 5.74) is 0.0630. The van der Waals surface area contributed by atoms with Crippen molar-refractivity contribution in [3.63, 3.8) is 0 Å². The van der Waals surface area contributed by atoms with Crippen molar-refractivity contribution < 1.29 is 19.4 Å². The van der Waals surface area contributed by atoms with Crippen molar-refractivity contribution in [1.82, 2.24) is 4.57 Å². The minimum absolute atomic E-state index is 0.0630. The first kappa shape index (κ1) is 9.31. The number of hydrogen-bond acceptors (Lipinski definition) is 3. The first-order valence-corrected chi connectivity index (χ1v) is 3.73. The number of aromatic carboxylic acids is 1. The smallest absolute Gasteiger partial charge is 0.417 e. The largest absolute Gasteiger partial charge is 0.478 e. The summed E-state index contributed by atoms with van der Waals surface area (Å²) >= 11 is 0. The molecule has 0 atom stereocenters. The molecule has 70 valence electrons. The second-order valence-electron chi connectivity index (χ2n) is 2.31. The monoisotopic (exact) mass is 183 g/mol. The maximum atomic E-state index is 11.0. The predicted molar refractivity (Wildman–Crippen MR) is 43.8 cm³/mol. The molecule has 1 N–H and O–H groups in total. The molecule has 0 saturated carbocycles. The third kappa shape index (κ3) is 2.08. The number of carboxylic acid groups (broad SMARTS) is 1. The Hall–Kier alpha value is -1.78. The number of hydrogen-bond donors (Lipinski definition) is 1. The van der Waals surface area contributed by atoms with Crippen molar-refractivity contribution in [3.05, 3.63) is 24.0 Å². The van der Waals surface area contributed by atoms with Crippen molar-refractivity contribution in [2.75, 3.05) is 6.61 Å². The van der Waals surface area contributed by atoms with Crippen LogP contribution in [0.2, 0.25) is 0 Å². The minimum Gasteiger partial charge on any atom is -0.478 e. The quantitative estimate of drug-likeness (QED) is 0.747. The van der Waals surface area contributed by atoms with E-state index >= 15 is 0 Å². The van der Waals surface area contributed by atoms with Crippen LogP contribution in [0.3, 0.4) is 0 Å². The van der Waals surface area contributed by atoms with Gasteiger partial charge in [-0.2, -0.15) is 0 Å². The molecule has 0 amide bonds. The zero-order chi connectivity index (χ0) is 9.84. The van der Waals surface area contributed by atoms with Crippen LogP contribution in [-0.4, -0.2) is 28.3 Å². The molecule has 0 spiro atoms. The summed E-state index contributed by atoms with van der Waals surface area (Å²) < 4.78 is 5.74. The Kier molecular flexibility index (Phi) is 2.69. The number of carbonyl (C=O) groups is 2. The Morgan fingerprint density at radius 3 is 2.77 bits per heavy atom. The van der Waals surface area contributed by atoms with E-state index in [4.69, 9.17) is 5.11 Å². The van der Waals surface area contributed by atoms with Gasteiger partial charge in [0.25, 0.3) is 0 Å². The minimum atomic E-state index is -1.07. The summed E-state index contributed by atoms with van der Waals surface area (Å²) in [5, 5.41) is 8.54. The molecular formula is C8H9NO4. The molecule has 13 heavy (non-hydrogen) atoms. The summed E-state index contributed by atoms with van der Waals surface area (Å²) in [6.45, 7) is 1.94. The fraction of sp³-hybridized carbons (Fsp3) is 0.250. The molecule has 0 saturated heterocycles. The predicted octanol–water partition coefficient (Wildman–Crippen LogP) is 1.19. The van der Waals surface area contributed by atoms with Crippen LogP contribution < -0.4 is 0 Å². The summed E-state index contributed by atoms with van der Waals surface area (Å²) in [5.74, 6) is -1.07. The maximum absolute atomic E-state index is 11.0. The molecule has 0 bridgehead atoms. The zero-order valence-electron chi connectivity index (χ0n) is 7.06. The molecule has 0 aliphatic heterocycles. The van der Waals surface area contributed by atoms with Gasteiger partial charge in [0.15, 0.2) is 0 Å². The normalized spacial score (nSPS) is 9.62. The van der Waals surface area contributed by atoms with Gasteiger partial charge >= 0.3 is 12.1 Å². The Morgan fingerprint density at radius 2 is 2.31 bits per heavy atom. The van der Waals surface area contributed by atoms with Crippen LogP contribution in [0.4, 0.5) is 4.79 Å². The van der Waals surface area contributed by atoms with E-state index in [0.717, 1.165) is 4.57 Å². The summed E-state index contributed by atoms with van der Waals surface area (Å²) in [7, 11) is 0. The number of carbonyl (C=O) groups excluding carboxylic acids is 1. The summed E-state index contributed by atoms with van der Waals surface area (Å²) in [6.07, 6.45) is 1.98. The molecule has 0 unspecified atom stereocenters. The zero-order valence-corrected chi connectivity index (χ0v) is 7.06. The lowest BCUT2D eigenvalue weighted by Gasteiger charge is -1.99. The van der Waals surface area contributed by atoms with Gasteiger partial charge in [-0.05, 0) is 13.0 Å². The molecule has 0 radical (unpaired) electrons. The maximum Gasteiger partial charge on any atom is 0.417 e. The number of rotatable bonds is 2. The molecule has 0 fully saturated rings. The van der Waals surface area contributed by atoms with Crippen molar-refractivity contribution in [1.29, 1.82) is 0 Å². The van der Waals surface area contributed by atoms with Crippen molar-refractivity contribution in [2.45, 2.75) is 6.92 Å². The number of nitrogens with zero attached hydrogens (tertiary/aromatic N) is 1. The first-order valence-electron chi connectivity index (χ1n) is 3.73. The lowest BCUT2D eigenvalue weighted by Crippen LogP contribution is -2.11. The van der Waals surface area contributed by atoms with E-state index in [1.165, 1.54) is 18.5 Å². The van der Waals surface area contributed by atoms with Crippen LogP contribution >= 0.6 is 0 Å². The highest BCUT2D eigenvalue weighted by Gasteiger charge is 2.09. The molecule has 0 aliphatic carbocycles. The lowest BCUT2D eigenvalue weighted by atomic mass is 10.4. The fourth-order valence-corrected chi connectivity index (χ4v) is 0.835. The van der Waals surface area contributed by atoms with E-state index in [0.29, 0.717) is 0 Å². The molecular weight excluding hydrogens is 174 g/mol. The molecule has 1 aromatic rings. The van der Waals surface area contributed by atoms with Crippen LogP contribution in [0.25, 0.3) is 0 Å². The van der Waals surface area contributed by atoms with Crippen LogP contribution in [0.5, 0.6) is 0 Å². The van der Waals surface area contributed by atoms with E-state index in [-0.39, 0.29) is 12.2 Å². The average Bonchev–Trinajstić information content (AvgIpc) is 2.52. The third-order valence-corrected chi connectivity index (χ3v) is 1.42. The van der Waals surface area contributed by atoms with Gasteiger partial charge in [-0.15, -0.1) is 0 Å². The van der Waals surface area contributed by atoms with E-state index in [1.807, 2.05) is 0 Å². The Balaban J connectivity index is 2.79. The Bertz CT molecular complexity index is 329. The average molecular weight is 183 g/mol.